The van der Waals surface area contributed by atoms with Crippen LogP contribution < -0.4 is 10.0 Å². The van der Waals surface area contributed by atoms with Gasteiger partial charge in [0.1, 0.15) is 11.5 Å². The molecular formula is C17H21F4N3O2S. The molecule has 0 aromatic heterocycles. The minimum absolute atomic E-state index is 0.00862. The molecule has 0 bridgehead atoms. The molecule has 1 aliphatic rings. The summed E-state index contributed by atoms with van der Waals surface area (Å²) in [6.07, 6.45) is -1.30. The lowest BCUT2D eigenvalue weighted by molar-refractivity contribution is -0.114. The normalized spacial score (nSPS) is 16.5. The zero-order chi connectivity index (χ0) is 20.4. The summed E-state index contributed by atoms with van der Waals surface area (Å²) in [6.45, 7) is 3.92. The van der Waals surface area contributed by atoms with Crippen molar-refractivity contribution in [3.05, 3.63) is 53.1 Å². The summed E-state index contributed by atoms with van der Waals surface area (Å²) in [5.41, 5.74) is -0.171. The number of hydrogen-bond acceptors (Lipinski definition) is 4. The third-order valence-corrected chi connectivity index (χ3v) is 4.62. The van der Waals surface area contributed by atoms with Crippen molar-refractivity contribution in [1.82, 2.24) is 10.2 Å². The Morgan fingerprint density at radius 2 is 1.93 bits per heavy atom. The molecule has 1 atom stereocenters. The average Bonchev–Trinajstić information content (AvgIpc) is 2.54. The van der Waals surface area contributed by atoms with Gasteiger partial charge in [0.2, 0.25) is 10.0 Å². The number of halogens is 4. The van der Waals surface area contributed by atoms with Gasteiger partial charge in [-0.25, -0.2) is 12.8 Å². The van der Waals surface area contributed by atoms with Gasteiger partial charge in [0, 0.05) is 12.2 Å². The van der Waals surface area contributed by atoms with Gasteiger partial charge in [0.15, 0.2) is 0 Å². The maximum atomic E-state index is 14.2. The number of sulfonamides is 1. The number of allylic oxidation sites excluding steroid dienone is 3. The quantitative estimate of drug-likeness (QED) is 0.709. The number of nitrogens with one attached hydrogen (secondary N) is 2. The van der Waals surface area contributed by atoms with Crippen LogP contribution in [0, 0.1) is 5.82 Å². The third-order valence-electron chi connectivity index (χ3n) is 4.03. The molecule has 2 N–H and O–H groups in total. The first-order valence-corrected chi connectivity index (χ1v) is 10.1. The molecule has 1 aromatic carbocycles. The molecule has 0 radical (unpaired) electrons. The van der Waals surface area contributed by atoms with Gasteiger partial charge in [-0.2, -0.15) is 13.2 Å². The Morgan fingerprint density at radius 3 is 2.44 bits per heavy atom. The smallest absolute Gasteiger partial charge is 0.387 e. The van der Waals surface area contributed by atoms with Crippen molar-refractivity contribution in [2.45, 2.75) is 26.1 Å². The van der Waals surface area contributed by atoms with E-state index >= 15 is 0 Å². The van der Waals surface area contributed by atoms with Crippen LogP contribution in [0.2, 0.25) is 0 Å². The Morgan fingerprint density at radius 1 is 1.26 bits per heavy atom. The van der Waals surface area contributed by atoms with Gasteiger partial charge < -0.3 is 10.2 Å². The van der Waals surface area contributed by atoms with Crippen LogP contribution in [0.15, 0.2) is 41.7 Å². The fourth-order valence-electron chi connectivity index (χ4n) is 2.80. The van der Waals surface area contributed by atoms with Crippen molar-refractivity contribution in [3.63, 3.8) is 0 Å². The monoisotopic (exact) mass is 407 g/mol. The lowest BCUT2D eigenvalue weighted by Crippen LogP contribution is -2.39. The van der Waals surface area contributed by atoms with Gasteiger partial charge in [-0.3, -0.25) is 4.72 Å². The summed E-state index contributed by atoms with van der Waals surface area (Å²) in [5, 5.41) is 3.00. The summed E-state index contributed by atoms with van der Waals surface area (Å²) < 4.78 is 78.9. The molecule has 0 aliphatic carbocycles. The molecule has 0 fully saturated rings. The van der Waals surface area contributed by atoms with Crippen LogP contribution in [-0.2, 0) is 10.0 Å². The van der Waals surface area contributed by atoms with Crippen molar-refractivity contribution in [3.8, 4) is 0 Å². The maximum absolute atomic E-state index is 14.2. The maximum Gasteiger partial charge on any atom is 0.431 e. The first-order valence-electron chi connectivity index (χ1n) is 8.18. The van der Waals surface area contributed by atoms with Gasteiger partial charge in [0.25, 0.3) is 0 Å². The fraction of sp³-hybridized carbons (Fsp3) is 0.412. The predicted octanol–water partition coefficient (Wildman–Crippen LogP) is 3.51. The Labute approximate surface area is 155 Å². The highest BCUT2D eigenvalue weighted by atomic mass is 32.2. The lowest BCUT2D eigenvalue weighted by Gasteiger charge is -2.37. The van der Waals surface area contributed by atoms with Gasteiger partial charge in [0.05, 0.1) is 24.5 Å². The highest BCUT2D eigenvalue weighted by Crippen LogP contribution is 2.37. The molecule has 5 nitrogen and oxygen atoms in total. The van der Waals surface area contributed by atoms with Crippen molar-refractivity contribution in [2.24, 2.45) is 0 Å². The number of nitrogens with zero attached hydrogens (tertiary/aromatic N) is 1. The van der Waals surface area contributed by atoms with Crippen LogP contribution in [0.1, 0.15) is 25.5 Å². The van der Waals surface area contributed by atoms with E-state index in [0.29, 0.717) is 17.8 Å². The molecule has 1 unspecified atom stereocenters. The molecule has 2 rings (SSSR count). The van der Waals surface area contributed by atoms with Crippen LogP contribution in [0.25, 0.3) is 0 Å². The summed E-state index contributed by atoms with van der Waals surface area (Å²) in [5.74, 6) is -0.859. The molecule has 0 amide bonds. The van der Waals surface area contributed by atoms with Crippen LogP contribution in [0.5, 0.6) is 0 Å². The Balaban J connectivity index is 2.34. The second-order valence-corrected chi connectivity index (χ2v) is 7.94. The standard InChI is InChI=1S/C17H21F4N3O2S/c1-4-22-13-6-8-16(17(19,20)21)24(10-13)11(2)12-5-7-15(14(18)9-12)23-27(3,25)26/h5-9,11,22-23H,4,10H2,1-3H3. The Kier molecular flexibility index (Phi) is 6.08. The fourth-order valence-corrected chi connectivity index (χ4v) is 3.36. The first kappa shape index (κ1) is 21.1. The van der Waals surface area contributed by atoms with Gasteiger partial charge >= 0.3 is 6.18 Å². The SMILES string of the molecule is CCNC1=CC=C(C(F)(F)F)N(C(C)c2ccc(NS(C)(=O)=O)c(F)c2)C1. The van der Waals surface area contributed by atoms with E-state index < -0.39 is 33.8 Å². The number of hydrogen-bond donors (Lipinski definition) is 2. The molecule has 0 saturated heterocycles. The minimum Gasteiger partial charge on any atom is -0.387 e. The van der Waals surface area contributed by atoms with Crippen LogP contribution in [-0.4, -0.2) is 38.8 Å². The number of rotatable bonds is 6. The Bertz CT molecular complexity index is 863. The molecule has 0 spiro atoms. The summed E-state index contributed by atoms with van der Waals surface area (Å²) in [7, 11) is -3.67. The zero-order valence-electron chi connectivity index (χ0n) is 15.1. The number of alkyl halides is 3. The molecular weight excluding hydrogens is 386 g/mol. The number of benzene rings is 1. The topological polar surface area (TPSA) is 61.4 Å². The van der Waals surface area contributed by atoms with Crippen LogP contribution in [0.4, 0.5) is 23.2 Å². The second kappa shape index (κ2) is 7.79. The van der Waals surface area contributed by atoms with Crippen molar-refractivity contribution < 1.29 is 26.0 Å². The van der Waals surface area contributed by atoms with Crippen LogP contribution in [0.3, 0.4) is 0 Å². The highest BCUT2D eigenvalue weighted by Gasteiger charge is 2.40. The summed E-state index contributed by atoms with van der Waals surface area (Å²) in [6, 6.07) is 2.85. The molecule has 1 heterocycles. The summed E-state index contributed by atoms with van der Waals surface area (Å²) >= 11 is 0. The third kappa shape index (κ3) is 5.38. The summed E-state index contributed by atoms with van der Waals surface area (Å²) in [4.78, 5) is 1.14. The molecule has 150 valence electrons. The Hall–Kier alpha value is -2.23. The molecule has 1 aromatic rings. The molecule has 10 heteroatoms. The van der Waals surface area contributed by atoms with E-state index in [1.807, 2.05) is 11.6 Å². The minimum atomic E-state index is -4.56. The number of likely N-dealkylation sites (N-methyl/N-ethyl adjacent to an activating group) is 1. The van der Waals surface area contributed by atoms with Gasteiger partial charge in [-0.1, -0.05) is 6.07 Å². The van der Waals surface area contributed by atoms with Gasteiger partial charge in [-0.15, -0.1) is 0 Å². The largest absolute Gasteiger partial charge is 0.431 e. The average molecular weight is 407 g/mol. The van der Waals surface area contributed by atoms with E-state index in [1.165, 1.54) is 25.1 Å². The van der Waals surface area contributed by atoms with Crippen LogP contribution >= 0.6 is 0 Å². The van der Waals surface area contributed by atoms with E-state index in [1.54, 1.807) is 0 Å². The van der Waals surface area contributed by atoms with E-state index in [9.17, 15) is 26.0 Å². The van der Waals surface area contributed by atoms with E-state index in [4.69, 9.17) is 0 Å². The second-order valence-electron chi connectivity index (χ2n) is 6.19. The number of anilines is 1. The molecule has 27 heavy (non-hydrogen) atoms. The van der Waals surface area contributed by atoms with Crippen molar-refractivity contribution in [2.75, 3.05) is 24.1 Å². The van der Waals surface area contributed by atoms with Crippen molar-refractivity contribution in [1.29, 1.82) is 0 Å². The first-order chi connectivity index (χ1) is 12.4. The highest BCUT2D eigenvalue weighted by molar-refractivity contribution is 7.92. The van der Waals surface area contributed by atoms with E-state index in [0.717, 1.165) is 23.3 Å². The van der Waals surface area contributed by atoms with Gasteiger partial charge in [-0.05, 0) is 43.7 Å². The zero-order valence-corrected chi connectivity index (χ0v) is 15.9. The lowest BCUT2D eigenvalue weighted by atomic mass is 10.0. The predicted molar refractivity (Wildman–Crippen MR) is 95.9 cm³/mol. The van der Waals surface area contributed by atoms with Crippen molar-refractivity contribution >= 4 is 15.7 Å². The van der Waals surface area contributed by atoms with E-state index in [-0.39, 0.29) is 12.2 Å². The molecule has 1 aliphatic heterocycles. The van der Waals surface area contributed by atoms with E-state index in [2.05, 4.69) is 5.32 Å². The molecule has 0 saturated carbocycles.